The fraction of sp³-hybridized carbons (Fsp3) is 0.200. The van der Waals surface area contributed by atoms with Crippen LogP contribution in [0.2, 0.25) is 0 Å². The monoisotopic (exact) mass is 494 g/mol. The number of halogens is 1. The first-order valence-corrected chi connectivity index (χ1v) is 10.9. The summed E-state index contributed by atoms with van der Waals surface area (Å²) in [4.78, 5) is 18.6. The summed E-state index contributed by atoms with van der Waals surface area (Å²) < 4.78 is 13.7. The zero-order valence-electron chi connectivity index (χ0n) is 18.1. The third-order valence-corrected chi connectivity index (χ3v) is 5.75. The van der Waals surface area contributed by atoms with Crippen molar-refractivity contribution < 1.29 is 14.6 Å². The van der Waals surface area contributed by atoms with E-state index in [0.717, 1.165) is 26.9 Å². The molecule has 0 unspecified atom stereocenters. The Balaban J connectivity index is 2.04. The molecule has 6 nitrogen and oxygen atoms in total. The molecule has 0 saturated carbocycles. The fourth-order valence-corrected chi connectivity index (χ4v) is 4.09. The number of aromatic nitrogens is 2. The van der Waals surface area contributed by atoms with Crippen LogP contribution in [0.3, 0.4) is 0 Å². The van der Waals surface area contributed by atoms with Gasteiger partial charge in [0.15, 0.2) is 0 Å². The van der Waals surface area contributed by atoms with Gasteiger partial charge in [0.1, 0.15) is 29.4 Å². The van der Waals surface area contributed by atoms with Crippen LogP contribution in [0.4, 0.5) is 0 Å². The van der Waals surface area contributed by atoms with E-state index >= 15 is 0 Å². The highest BCUT2D eigenvalue weighted by atomic mass is 79.9. The van der Waals surface area contributed by atoms with Crippen molar-refractivity contribution in [1.29, 1.82) is 0 Å². The second kappa shape index (κ2) is 9.14. The highest BCUT2D eigenvalue weighted by Crippen LogP contribution is 2.32. The normalized spacial score (nSPS) is 11.0. The molecule has 1 N–H and O–H groups in total. The van der Waals surface area contributed by atoms with Crippen molar-refractivity contribution in [2.24, 2.45) is 0 Å². The molecule has 0 aliphatic rings. The van der Waals surface area contributed by atoms with E-state index in [2.05, 4.69) is 15.9 Å². The first-order valence-electron chi connectivity index (χ1n) is 10.2. The molecule has 32 heavy (non-hydrogen) atoms. The second-order valence-electron chi connectivity index (χ2n) is 7.42. The molecule has 0 aliphatic carbocycles. The number of aliphatic hydroxyl groups excluding tert-OH is 1. The number of fused-ring (bicyclic) bond motifs is 1. The zero-order chi connectivity index (χ0) is 22.8. The Labute approximate surface area is 194 Å². The van der Waals surface area contributed by atoms with Crippen molar-refractivity contribution in [2.75, 3.05) is 20.3 Å². The maximum absolute atomic E-state index is 13.7. The first kappa shape index (κ1) is 22.0. The quantitative estimate of drug-likeness (QED) is 0.416. The fourth-order valence-electron chi connectivity index (χ4n) is 3.83. The third-order valence-electron chi connectivity index (χ3n) is 5.22. The van der Waals surface area contributed by atoms with Gasteiger partial charge >= 0.3 is 0 Å². The van der Waals surface area contributed by atoms with Gasteiger partial charge in [-0.2, -0.15) is 0 Å². The summed E-state index contributed by atoms with van der Waals surface area (Å²) >= 11 is 3.46. The van der Waals surface area contributed by atoms with Crippen molar-refractivity contribution in [3.05, 3.63) is 80.6 Å². The van der Waals surface area contributed by atoms with E-state index in [1.54, 1.807) is 29.9 Å². The third kappa shape index (κ3) is 4.01. The number of hydrogen-bond acceptors (Lipinski definition) is 5. The molecule has 0 aliphatic heterocycles. The van der Waals surface area contributed by atoms with Gasteiger partial charge in [-0.25, -0.2) is 4.98 Å². The van der Waals surface area contributed by atoms with Crippen LogP contribution in [-0.2, 0) is 0 Å². The van der Waals surface area contributed by atoms with E-state index in [9.17, 15) is 4.79 Å². The second-order valence-corrected chi connectivity index (χ2v) is 8.34. The van der Waals surface area contributed by atoms with Gasteiger partial charge in [0.2, 0.25) is 0 Å². The number of ether oxygens (including phenoxy) is 2. The molecule has 0 bridgehead atoms. The molecule has 0 amide bonds. The molecule has 4 rings (SSSR count). The highest BCUT2D eigenvalue weighted by molar-refractivity contribution is 9.10. The molecule has 1 heterocycles. The molecule has 7 heteroatoms. The average Bonchev–Trinajstić information content (AvgIpc) is 2.79. The van der Waals surface area contributed by atoms with Crippen LogP contribution in [0, 0.1) is 13.8 Å². The minimum Gasteiger partial charge on any atom is -0.494 e. The van der Waals surface area contributed by atoms with Crippen LogP contribution >= 0.6 is 15.9 Å². The van der Waals surface area contributed by atoms with E-state index in [4.69, 9.17) is 19.6 Å². The van der Waals surface area contributed by atoms with Crippen LogP contribution < -0.4 is 15.0 Å². The largest absolute Gasteiger partial charge is 0.494 e. The first-order chi connectivity index (χ1) is 15.4. The van der Waals surface area contributed by atoms with Gasteiger partial charge in [0.05, 0.1) is 24.8 Å². The Morgan fingerprint density at radius 2 is 1.75 bits per heavy atom. The standard InChI is InChI=1S/C25H23BrN2O4/c1-15-13-17(14-16(2)23(15)32-12-11-29)24-27-22-20(5-4-6-21(22)31-3)25(30)28(24)19-9-7-18(26)8-10-19/h4-10,13-14,29H,11-12H2,1-3H3. The molecular formula is C25H23BrN2O4. The number of methoxy groups -OCH3 is 1. The van der Waals surface area contributed by atoms with E-state index in [1.807, 2.05) is 50.2 Å². The predicted octanol–water partition coefficient (Wildman–Crippen LogP) is 4.81. The lowest BCUT2D eigenvalue weighted by Gasteiger charge is -2.18. The molecule has 0 radical (unpaired) electrons. The van der Waals surface area contributed by atoms with Gasteiger partial charge in [-0.3, -0.25) is 9.36 Å². The van der Waals surface area contributed by atoms with Crippen LogP contribution in [0.25, 0.3) is 28.0 Å². The summed E-state index contributed by atoms with van der Waals surface area (Å²) in [5, 5.41) is 9.60. The SMILES string of the molecule is COc1cccc2c(=O)n(-c3ccc(Br)cc3)c(-c3cc(C)c(OCCO)c(C)c3)nc12. The van der Waals surface area contributed by atoms with Gasteiger partial charge in [-0.15, -0.1) is 0 Å². The highest BCUT2D eigenvalue weighted by Gasteiger charge is 2.18. The van der Waals surface area contributed by atoms with Crippen LogP contribution in [0.15, 0.2) is 63.9 Å². The van der Waals surface area contributed by atoms with Gasteiger partial charge in [0.25, 0.3) is 5.56 Å². The molecule has 1 aromatic heterocycles. The van der Waals surface area contributed by atoms with Crippen LogP contribution in [0.1, 0.15) is 11.1 Å². The van der Waals surface area contributed by atoms with Gasteiger partial charge in [0, 0.05) is 10.0 Å². The van der Waals surface area contributed by atoms with E-state index < -0.39 is 0 Å². The molecule has 0 atom stereocenters. The van der Waals surface area contributed by atoms with Crippen molar-refractivity contribution >= 4 is 26.8 Å². The van der Waals surface area contributed by atoms with Gasteiger partial charge in [-0.05, 0) is 73.5 Å². The Morgan fingerprint density at radius 3 is 2.38 bits per heavy atom. The number of benzene rings is 3. The van der Waals surface area contributed by atoms with Crippen LogP contribution in [-0.4, -0.2) is 35.0 Å². The van der Waals surface area contributed by atoms with Gasteiger partial charge < -0.3 is 14.6 Å². The zero-order valence-corrected chi connectivity index (χ0v) is 19.6. The lowest BCUT2D eigenvalue weighted by atomic mass is 10.0. The van der Waals surface area contributed by atoms with E-state index in [1.165, 1.54) is 0 Å². The number of hydrogen-bond donors (Lipinski definition) is 1. The number of para-hydroxylation sites is 1. The minimum absolute atomic E-state index is 0.0598. The molecular weight excluding hydrogens is 472 g/mol. The Morgan fingerprint density at radius 1 is 1.06 bits per heavy atom. The number of rotatable bonds is 6. The maximum atomic E-state index is 13.7. The average molecular weight is 495 g/mol. The van der Waals surface area contributed by atoms with Gasteiger partial charge in [-0.1, -0.05) is 22.0 Å². The van der Waals surface area contributed by atoms with E-state index in [0.29, 0.717) is 28.2 Å². The van der Waals surface area contributed by atoms with Crippen LogP contribution in [0.5, 0.6) is 11.5 Å². The smallest absolute Gasteiger partial charge is 0.266 e. The summed E-state index contributed by atoms with van der Waals surface area (Å²) in [6.45, 7) is 4.03. The minimum atomic E-state index is -0.179. The van der Waals surface area contributed by atoms with E-state index in [-0.39, 0.29) is 18.8 Å². The summed E-state index contributed by atoms with van der Waals surface area (Å²) in [6.07, 6.45) is 0. The number of nitrogens with zero attached hydrogens (tertiary/aromatic N) is 2. The topological polar surface area (TPSA) is 73.6 Å². The number of aryl methyl sites for hydroxylation is 2. The molecule has 0 fully saturated rings. The summed E-state index contributed by atoms with van der Waals surface area (Å²) in [5.41, 5.74) is 3.61. The van der Waals surface area contributed by atoms with Crippen molar-refractivity contribution in [3.8, 4) is 28.6 Å². The summed E-state index contributed by atoms with van der Waals surface area (Å²) in [5.74, 6) is 1.77. The Kier molecular flexibility index (Phi) is 6.30. The molecule has 0 saturated heterocycles. The predicted molar refractivity (Wildman–Crippen MR) is 129 cm³/mol. The van der Waals surface area contributed by atoms with Crippen molar-refractivity contribution in [1.82, 2.24) is 9.55 Å². The molecule has 164 valence electrons. The Bertz CT molecular complexity index is 1320. The summed E-state index contributed by atoms with van der Waals surface area (Å²) in [7, 11) is 1.57. The number of aliphatic hydroxyl groups is 1. The molecule has 3 aromatic carbocycles. The maximum Gasteiger partial charge on any atom is 0.266 e. The van der Waals surface area contributed by atoms with Crippen molar-refractivity contribution in [3.63, 3.8) is 0 Å². The Hall–Kier alpha value is -3.16. The lowest BCUT2D eigenvalue weighted by Crippen LogP contribution is -2.22. The molecule has 4 aromatic rings. The summed E-state index contributed by atoms with van der Waals surface area (Å²) in [6, 6.07) is 16.8. The molecule has 0 spiro atoms. The lowest BCUT2D eigenvalue weighted by molar-refractivity contribution is 0.200. The van der Waals surface area contributed by atoms with Crippen molar-refractivity contribution in [2.45, 2.75) is 13.8 Å².